The van der Waals surface area contributed by atoms with Crippen LogP contribution in [0.5, 0.6) is 0 Å². The van der Waals surface area contributed by atoms with Gasteiger partial charge < -0.3 is 4.90 Å². The molecule has 0 bridgehead atoms. The zero-order valence-electron chi connectivity index (χ0n) is 11.7. The van der Waals surface area contributed by atoms with Crippen molar-refractivity contribution in [3.8, 4) is 0 Å². The minimum absolute atomic E-state index is 0.0513. The molecule has 4 nitrogen and oxygen atoms in total. The molecule has 0 aliphatic carbocycles. The van der Waals surface area contributed by atoms with E-state index in [0.29, 0.717) is 12.1 Å². The normalized spacial score (nSPS) is 11.3. The summed E-state index contributed by atoms with van der Waals surface area (Å²) >= 11 is 0. The zero-order chi connectivity index (χ0) is 14.5. The highest BCUT2D eigenvalue weighted by Crippen LogP contribution is 2.16. The van der Waals surface area contributed by atoms with Crippen molar-refractivity contribution in [3.63, 3.8) is 0 Å². The molecule has 19 heavy (non-hydrogen) atoms. The quantitative estimate of drug-likeness (QED) is 0.801. The molecular weight excluding hydrogens is 262 g/mol. The molecule has 1 rings (SSSR count). The SMILES string of the molecule is CCCCN(C)C(=O)Cc1ccccc1S(C)(=O)=O. The first-order chi connectivity index (χ1) is 8.86. The number of carbonyl (C=O) groups is 1. The molecule has 1 aromatic carbocycles. The lowest BCUT2D eigenvalue weighted by Gasteiger charge is -2.17. The number of amides is 1. The summed E-state index contributed by atoms with van der Waals surface area (Å²) in [7, 11) is -1.54. The van der Waals surface area contributed by atoms with Gasteiger partial charge in [0.05, 0.1) is 11.3 Å². The van der Waals surface area contributed by atoms with Crippen LogP contribution in [-0.2, 0) is 21.1 Å². The molecule has 0 saturated carbocycles. The summed E-state index contributed by atoms with van der Waals surface area (Å²) in [5.74, 6) is -0.0513. The van der Waals surface area contributed by atoms with E-state index in [2.05, 4.69) is 6.92 Å². The van der Waals surface area contributed by atoms with Crippen molar-refractivity contribution in [3.05, 3.63) is 29.8 Å². The fourth-order valence-electron chi connectivity index (χ4n) is 1.83. The third-order valence-electron chi connectivity index (χ3n) is 2.99. The molecule has 0 aliphatic rings. The summed E-state index contributed by atoms with van der Waals surface area (Å²) in [5, 5.41) is 0. The Hall–Kier alpha value is -1.36. The average Bonchev–Trinajstić information content (AvgIpc) is 2.35. The van der Waals surface area contributed by atoms with Crippen LogP contribution in [0.2, 0.25) is 0 Å². The number of sulfone groups is 1. The summed E-state index contributed by atoms with van der Waals surface area (Å²) in [5.41, 5.74) is 0.568. The second kappa shape index (κ2) is 6.70. The van der Waals surface area contributed by atoms with Crippen LogP contribution >= 0.6 is 0 Å². The maximum absolute atomic E-state index is 12.0. The molecule has 0 aliphatic heterocycles. The van der Waals surface area contributed by atoms with Crippen molar-refractivity contribution in [2.24, 2.45) is 0 Å². The number of hydrogen-bond donors (Lipinski definition) is 0. The number of benzene rings is 1. The van der Waals surface area contributed by atoms with Gasteiger partial charge in [0.15, 0.2) is 9.84 Å². The predicted octanol–water partition coefficient (Wildman–Crippen LogP) is 1.89. The Morgan fingerprint density at radius 3 is 2.47 bits per heavy atom. The highest BCUT2D eigenvalue weighted by Gasteiger charge is 2.16. The van der Waals surface area contributed by atoms with E-state index in [-0.39, 0.29) is 17.2 Å². The van der Waals surface area contributed by atoms with E-state index in [4.69, 9.17) is 0 Å². The highest BCUT2D eigenvalue weighted by atomic mass is 32.2. The molecule has 0 radical (unpaired) electrons. The topological polar surface area (TPSA) is 54.5 Å². The smallest absolute Gasteiger partial charge is 0.226 e. The Morgan fingerprint density at radius 1 is 1.26 bits per heavy atom. The third-order valence-corrected chi connectivity index (χ3v) is 4.18. The van der Waals surface area contributed by atoms with Crippen molar-refractivity contribution in [1.29, 1.82) is 0 Å². The molecule has 0 atom stereocenters. The largest absolute Gasteiger partial charge is 0.345 e. The molecule has 0 spiro atoms. The Bertz CT molecular complexity index is 537. The van der Waals surface area contributed by atoms with Crippen molar-refractivity contribution in [2.45, 2.75) is 31.1 Å². The van der Waals surface area contributed by atoms with Crippen LogP contribution < -0.4 is 0 Å². The third kappa shape index (κ3) is 4.67. The van der Waals surface area contributed by atoms with Gasteiger partial charge in [-0.2, -0.15) is 0 Å². The zero-order valence-corrected chi connectivity index (χ0v) is 12.5. The maximum atomic E-state index is 12.0. The van der Waals surface area contributed by atoms with Crippen molar-refractivity contribution in [2.75, 3.05) is 19.8 Å². The molecule has 0 heterocycles. The van der Waals surface area contributed by atoms with Crippen molar-refractivity contribution >= 4 is 15.7 Å². The summed E-state index contributed by atoms with van der Waals surface area (Å²) in [4.78, 5) is 13.9. The molecule has 0 fully saturated rings. The minimum atomic E-state index is -3.29. The number of unbranched alkanes of at least 4 members (excludes halogenated alkanes) is 1. The lowest BCUT2D eigenvalue weighted by molar-refractivity contribution is -0.129. The lowest BCUT2D eigenvalue weighted by Crippen LogP contribution is -2.29. The number of rotatable bonds is 6. The number of carbonyl (C=O) groups excluding carboxylic acids is 1. The molecule has 0 N–H and O–H groups in total. The Balaban J connectivity index is 2.86. The second-order valence-corrected chi connectivity index (χ2v) is 6.71. The number of hydrogen-bond acceptors (Lipinski definition) is 3. The fraction of sp³-hybridized carbons (Fsp3) is 0.500. The van der Waals surface area contributed by atoms with E-state index < -0.39 is 9.84 Å². The number of likely N-dealkylation sites (N-methyl/N-ethyl adjacent to an activating group) is 1. The van der Waals surface area contributed by atoms with E-state index in [0.717, 1.165) is 19.1 Å². The van der Waals surface area contributed by atoms with Crippen LogP contribution in [0, 0.1) is 0 Å². The van der Waals surface area contributed by atoms with Gasteiger partial charge in [-0.05, 0) is 18.1 Å². The Kier molecular flexibility index (Phi) is 5.54. The maximum Gasteiger partial charge on any atom is 0.226 e. The van der Waals surface area contributed by atoms with Crippen LogP contribution in [0.25, 0.3) is 0 Å². The first kappa shape index (κ1) is 15.7. The van der Waals surface area contributed by atoms with E-state index in [1.165, 1.54) is 0 Å². The van der Waals surface area contributed by atoms with E-state index in [1.54, 1.807) is 36.2 Å². The van der Waals surface area contributed by atoms with E-state index in [9.17, 15) is 13.2 Å². The van der Waals surface area contributed by atoms with Gasteiger partial charge >= 0.3 is 0 Å². The molecule has 0 aromatic heterocycles. The van der Waals surface area contributed by atoms with Crippen LogP contribution in [0.15, 0.2) is 29.2 Å². The van der Waals surface area contributed by atoms with Gasteiger partial charge in [-0.1, -0.05) is 31.5 Å². The second-order valence-electron chi connectivity index (χ2n) is 4.73. The Morgan fingerprint density at radius 2 is 1.89 bits per heavy atom. The molecule has 0 saturated heterocycles. The van der Waals surface area contributed by atoms with Crippen molar-refractivity contribution in [1.82, 2.24) is 4.90 Å². The molecule has 1 amide bonds. The van der Waals surface area contributed by atoms with E-state index >= 15 is 0 Å². The molecule has 0 unspecified atom stereocenters. The van der Waals surface area contributed by atoms with Gasteiger partial charge in [-0.25, -0.2) is 8.42 Å². The molecule has 5 heteroatoms. The van der Waals surface area contributed by atoms with Gasteiger partial charge in [-0.3, -0.25) is 4.79 Å². The average molecular weight is 283 g/mol. The fourth-order valence-corrected chi connectivity index (χ4v) is 2.77. The lowest BCUT2D eigenvalue weighted by atomic mass is 10.1. The first-order valence-corrected chi connectivity index (χ1v) is 8.27. The summed E-state index contributed by atoms with van der Waals surface area (Å²) in [6, 6.07) is 6.67. The van der Waals surface area contributed by atoms with E-state index in [1.807, 2.05) is 0 Å². The predicted molar refractivity (Wildman–Crippen MR) is 75.8 cm³/mol. The molecule has 106 valence electrons. The van der Waals surface area contributed by atoms with Crippen LogP contribution in [-0.4, -0.2) is 39.1 Å². The van der Waals surface area contributed by atoms with Gasteiger partial charge in [-0.15, -0.1) is 0 Å². The monoisotopic (exact) mass is 283 g/mol. The summed E-state index contributed by atoms with van der Waals surface area (Å²) < 4.78 is 23.3. The standard InChI is InChI=1S/C14H21NO3S/c1-4-5-10-15(2)14(16)11-12-8-6-7-9-13(12)19(3,17)18/h6-9H,4-5,10-11H2,1-3H3. The highest BCUT2D eigenvalue weighted by molar-refractivity contribution is 7.90. The van der Waals surface area contributed by atoms with Gasteiger partial charge in [0.1, 0.15) is 0 Å². The Labute approximate surface area is 115 Å². The van der Waals surface area contributed by atoms with Crippen LogP contribution in [0.1, 0.15) is 25.3 Å². The molecular formula is C14H21NO3S. The first-order valence-electron chi connectivity index (χ1n) is 6.38. The summed E-state index contributed by atoms with van der Waals surface area (Å²) in [6.45, 7) is 2.77. The molecule has 1 aromatic rings. The summed E-state index contributed by atoms with van der Waals surface area (Å²) in [6.07, 6.45) is 3.27. The minimum Gasteiger partial charge on any atom is -0.345 e. The van der Waals surface area contributed by atoms with Gasteiger partial charge in [0.25, 0.3) is 0 Å². The van der Waals surface area contributed by atoms with Gasteiger partial charge in [0.2, 0.25) is 5.91 Å². The van der Waals surface area contributed by atoms with Crippen molar-refractivity contribution < 1.29 is 13.2 Å². The van der Waals surface area contributed by atoms with Crippen LogP contribution in [0.4, 0.5) is 0 Å². The van der Waals surface area contributed by atoms with Crippen LogP contribution in [0.3, 0.4) is 0 Å². The number of nitrogens with zero attached hydrogens (tertiary/aromatic N) is 1. The van der Waals surface area contributed by atoms with Gasteiger partial charge in [0, 0.05) is 19.8 Å².